The lowest BCUT2D eigenvalue weighted by atomic mass is 9.90. The number of carbonyl (C=O) groups excluding carboxylic acids is 1. The summed E-state index contributed by atoms with van der Waals surface area (Å²) in [6, 6.07) is 1.75. The van der Waals surface area contributed by atoms with Gasteiger partial charge in [-0.3, -0.25) is 9.36 Å². The highest BCUT2D eigenvalue weighted by Crippen LogP contribution is 2.42. The normalized spacial score (nSPS) is 17.5. The van der Waals surface area contributed by atoms with Crippen molar-refractivity contribution in [3.8, 4) is 16.9 Å². The van der Waals surface area contributed by atoms with Crippen molar-refractivity contribution < 1.29 is 45.3 Å². The number of esters is 1. The predicted molar refractivity (Wildman–Crippen MR) is 126 cm³/mol. The second-order valence-corrected chi connectivity index (χ2v) is 10.3. The molecular weight excluding hydrogens is 544 g/mol. The van der Waals surface area contributed by atoms with Crippen LogP contribution in [0.3, 0.4) is 0 Å². The van der Waals surface area contributed by atoms with E-state index in [4.69, 9.17) is 21.1 Å². The van der Waals surface area contributed by atoms with Gasteiger partial charge in [-0.2, -0.15) is 22.0 Å². The molecule has 0 aliphatic carbocycles. The maximum absolute atomic E-state index is 15.2. The molecule has 0 bridgehead atoms. The lowest BCUT2D eigenvalue weighted by molar-refractivity contribution is -0.181. The van der Waals surface area contributed by atoms with Gasteiger partial charge < -0.3 is 14.2 Å². The molecule has 1 aromatic heterocycles. The summed E-state index contributed by atoms with van der Waals surface area (Å²) < 4.78 is 97.8. The topological polar surface area (TPSA) is 66.8 Å². The van der Waals surface area contributed by atoms with Crippen molar-refractivity contribution in [1.29, 1.82) is 0 Å². The first kappa shape index (κ1) is 29.8. The molecule has 1 aliphatic rings. The van der Waals surface area contributed by atoms with Crippen LogP contribution >= 0.6 is 11.6 Å². The molecule has 210 valence electrons. The van der Waals surface area contributed by atoms with Gasteiger partial charge in [0.05, 0.1) is 23.2 Å². The molecule has 3 atom stereocenters. The molecule has 0 amide bonds. The minimum Gasteiger partial charge on any atom is -0.491 e. The summed E-state index contributed by atoms with van der Waals surface area (Å²) in [5.41, 5.74) is -2.45. The molecule has 2 aromatic rings. The van der Waals surface area contributed by atoms with Crippen LogP contribution in [0.2, 0.25) is 5.02 Å². The van der Waals surface area contributed by atoms with Crippen LogP contribution in [-0.4, -0.2) is 41.6 Å². The van der Waals surface area contributed by atoms with Crippen LogP contribution in [0.15, 0.2) is 29.2 Å². The van der Waals surface area contributed by atoms with Gasteiger partial charge in [-0.15, -0.1) is 0 Å². The highest BCUT2D eigenvalue weighted by Gasteiger charge is 2.42. The molecule has 0 spiro atoms. The van der Waals surface area contributed by atoms with Gasteiger partial charge in [-0.05, 0) is 45.7 Å². The van der Waals surface area contributed by atoms with Crippen molar-refractivity contribution in [1.82, 2.24) is 4.57 Å². The number of ether oxygens (including phenoxy) is 3. The standard InChI is InChI=1S/C25H26ClF6NO5/c1-12(37-23(28)29)7-17(22(35)38-24(2,3)4)33-10-18-15(9-19(33)34)20-13(5-6-16(26)21(20)27)8-14(11-36-18)25(30,31)32/h5-6,9-10,12,14,17,23H,7-8,11H2,1-4H3/t12-,14+,17?/m0/s1. The average Bonchev–Trinajstić information content (AvgIpc) is 2.74. The van der Waals surface area contributed by atoms with E-state index in [0.717, 1.165) is 22.9 Å². The Morgan fingerprint density at radius 2 is 1.89 bits per heavy atom. The second-order valence-electron chi connectivity index (χ2n) is 9.94. The fraction of sp³-hybridized carbons (Fsp3) is 0.520. The number of aromatic nitrogens is 1. The minimum atomic E-state index is -4.69. The van der Waals surface area contributed by atoms with Crippen LogP contribution < -0.4 is 10.3 Å². The summed E-state index contributed by atoms with van der Waals surface area (Å²) in [7, 11) is 0. The number of halogens is 7. The van der Waals surface area contributed by atoms with Gasteiger partial charge in [-0.25, -0.2) is 9.18 Å². The van der Waals surface area contributed by atoms with Crippen molar-refractivity contribution in [2.45, 2.75) is 71.1 Å². The molecular formula is C25H26ClF6NO5. The fourth-order valence-electron chi connectivity index (χ4n) is 4.10. The van der Waals surface area contributed by atoms with Gasteiger partial charge in [0.2, 0.25) is 0 Å². The molecule has 0 saturated carbocycles. The molecule has 1 unspecified atom stereocenters. The number of hydrogen-bond acceptors (Lipinski definition) is 5. The van der Waals surface area contributed by atoms with Crippen LogP contribution in [0, 0.1) is 11.7 Å². The third kappa shape index (κ3) is 7.02. The molecule has 3 rings (SSSR count). The first-order valence-corrected chi connectivity index (χ1v) is 11.9. The molecule has 0 N–H and O–H groups in total. The molecule has 1 aromatic carbocycles. The Kier molecular flexibility index (Phi) is 8.77. The van der Waals surface area contributed by atoms with Gasteiger partial charge in [0, 0.05) is 23.6 Å². The number of benzene rings is 1. The van der Waals surface area contributed by atoms with Crippen molar-refractivity contribution in [3.63, 3.8) is 0 Å². The smallest absolute Gasteiger partial charge is 0.395 e. The zero-order valence-electron chi connectivity index (χ0n) is 20.9. The summed E-state index contributed by atoms with van der Waals surface area (Å²) in [4.78, 5) is 26.2. The minimum absolute atomic E-state index is 0.0430. The highest BCUT2D eigenvalue weighted by atomic mass is 35.5. The van der Waals surface area contributed by atoms with E-state index in [0.29, 0.717) is 0 Å². The maximum Gasteiger partial charge on any atom is 0.395 e. The molecule has 13 heteroatoms. The van der Waals surface area contributed by atoms with Crippen molar-refractivity contribution in [2.75, 3.05) is 6.61 Å². The second kappa shape index (κ2) is 11.2. The van der Waals surface area contributed by atoms with Crippen molar-refractivity contribution in [3.05, 3.63) is 51.2 Å². The first-order chi connectivity index (χ1) is 17.5. The number of fused-ring (bicyclic) bond motifs is 3. The summed E-state index contributed by atoms with van der Waals surface area (Å²) >= 11 is 5.90. The maximum atomic E-state index is 15.2. The van der Waals surface area contributed by atoms with E-state index >= 15 is 4.39 Å². The van der Waals surface area contributed by atoms with Gasteiger partial charge in [0.25, 0.3) is 5.56 Å². The van der Waals surface area contributed by atoms with Crippen LogP contribution in [0.4, 0.5) is 26.3 Å². The van der Waals surface area contributed by atoms with Gasteiger partial charge in [-0.1, -0.05) is 17.7 Å². The monoisotopic (exact) mass is 569 g/mol. The highest BCUT2D eigenvalue weighted by molar-refractivity contribution is 6.31. The molecule has 0 fully saturated rings. The number of alkyl halides is 5. The molecule has 0 saturated heterocycles. The Labute approximate surface area is 219 Å². The van der Waals surface area contributed by atoms with Crippen LogP contribution in [0.1, 0.15) is 45.7 Å². The summed E-state index contributed by atoms with van der Waals surface area (Å²) in [6.45, 7) is 1.88. The zero-order chi connectivity index (χ0) is 28.6. The third-order valence-corrected chi connectivity index (χ3v) is 6.06. The summed E-state index contributed by atoms with van der Waals surface area (Å²) in [5, 5.41) is -0.382. The van der Waals surface area contributed by atoms with E-state index in [-0.39, 0.29) is 27.5 Å². The molecule has 2 heterocycles. The Bertz CT molecular complexity index is 1240. The van der Waals surface area contributed by atoms with E-state index in [1.165, 1.54) is 13.0 Å². The number of nitrogens with zero attached hydrogens (tertiary/aromatic N) is 1. The Morgan fingerprint density at radius 1 is 1.24 bits per heavy atom. The van der Waals surface area contributed by atoms with E-state index in [9.17, 15) is 31.5 Å². The fourth-order valence-corrected chi connectivity index (χ4v) is 4.26. The van der Waals surface area contributed by atoms with Crippen LogP contribution in [-0.2, 0) is 20.7 Å². The molecule has 6 nitrogen and oxygen atoms in total. The van der Waals surface area contributed by atoms with Gasteiger partial charge in [0.1, 0.15) is 29.8 Å². The van der Waals surface area contributed by atoms with E-state index in [1.807, 2.05) is 0 Å². The van der Waals surface area contributed by atoms with Crippen molar-refractivity contribution in [2.24, 2.45) is 5.92 Å². The van der Waals surface area contributed by atoms with Crippen molar-refractivity contribution >= 4 is 17.6 Å². The summed E-state index contributed by atoms with van der Waals surface area (Å²) in [5.74, 6) is -4.37. The molecule has 38 heavy (non-hydrogen) atoms. The first-order valence-electron chi connectivity index (χ1n) is 11.6. The Balaban J connectivity index is 2.19. The largest absolute Gasteiger partial charge is 0.491 e. The Hall–Kier alpha value is -2.73. The Morgan fingerprint density at radius 3 is 2.47 bits per heavy atom. The van der Waals surface area contributed by atoms with Gasteiger partial charge in [0.15, 0.2) is 0 Å². The number of hydrogen-bond donors (Lipinski definition) is 0. The summed E-state index contributed by atoms with van der Waals surface area (Å²) in [6.07, 6.45) is -6.04. The van der Waals surface area contributed by atoms with Crippen LogP contribution in [0.5, 0.6) is 5.75 Å². The molecule has 1 aliphatic heterocycles. The lowest BCUT2D eigenvalue weighted by Crippen LogP contribution is -2.37. The average molecular weight is 570 g/mol. The SMILES string of the molecule is C[C@@H](CC(C(=O)OC(C)(C)C)n1cc2c(cc1=O)-c1c(ccc(Cl)c1F)C[C@@H](C(F)(F)F)CO2)OC(F)F. The zero-order valence-corrected chi connectivity index (χ0v) is 21.6. The number of carbonyl (C=O) groups is 1. The van der Waals surface area contributed by atoms with Gasteiger partial charge >= 0.3 is 18.8 Å². The number of pyridine rings is 1. The quantitative estimate of drug-likeness (QED) is 0.301. The number of rotatable bonds is 6. The van der Waals surface area contributed by atoms with E-state index in [2.05, 4.69) is 4.74 Å². The van der Waals surface area contributed by atoms with Crippen LogP contribution in [0.25, 0.3) is 11.1 Å². The van der Waals surface area contributed by atoms with E-state index < -0.39 is 73.2 Å². The lowest BCUT2D eigenvalue weighted by Gasteiger charge is -2.29. The van der Waals surface area contributed by atoms with E-state index in [1.54, 1.807) is 20.8 Å². The predicted octanol–water partition coefficient (Wildman–Crippen LogP) is 6.32. The molecule has 0 radical (unpaired) electrons. The third-order valence-electron chi connectivity index (χ3n) is 5.77.